The normalized spacial score (nSPS) is 21.2. The SMILES string of the molecule is CC1(C)OB(c2ncccc2CC(F)(F)F)OC1(C)C. The van der Waals surface area contributed by atoms with Crippen LogP contribution in [0.3, 0.4) is 0 Å². The molecule has 2 rings (SSSR count). The lowest BCUT2D eigenvalue weighted by atomic mass is 9.80. The Morgan fingerprint density at radius 2 is 1.70 bits per heavy atom. The van der Waals surface area contributed by atoms with Crippen LogP contribution in [0.4, 0.5) is 13.2 Å². The number of hydrogen-bond acceptors (Lipinski definition) is 3. The first-order valence-corrected chi connectivity index (χ1v) is 6.38. The molecule has 0 amide bonds. The van der Waals surface area contributed by atoms with Crippen molar-refractivity contribution in [3.8, 4) is 0 Å². The third-order valence-corrected chi connectivity index (χ3v) is 3.79. The van der Waals surface area contributed by atoms with Crippen molar-refractivity contribution in [2.24, 2.45) is 0 Å². The van der Waals surface area contributed by atoms with E-state index in [2.05, 4.69) is 4.98 Å². The molecule has 1 saturated heterocycles. The van der Waals surface area contributed by atoms with Crippen molar-refractivity contribution < 1.29 is 22.5 Å². The summed E-state index contributed by atoms with van der Waals surface area (Å²) in [7, 11) is -0.876. The van der Waals surface area contributed by atoms with Crippen LogP contribution in [0.25, 0.3) is 0 Å². The minimum absolute atomic E-state index is 0.0819. The molecule has 1 aliphatic rings. The Morgan fingerprint density at radius 1 is 1.15 bits per heavy atom. The first-order chi connectivity index (χ1) is 9.02. The van der Waals surface area contributed by atoms with Crippen LogP contribution in [-0.2, 0) is 15.7 Å². The van der Waals surface area contributed by atoms with E-state index in [4.69, 9.17) is 9.31 Å². The van der Waals surface area contributed by atoms with Crippen molar-refractivity contribution in [3.05, 3.63) is 23.9 Å². The Balaban J connectivity index is 2.31. The molecule has 7 heteroatoms. The second-order valence-corrected chi connectivity index (χ2v) is 5.93. The van der Waals surface area contributed by atoms with Gasteiger partial charge in [-0.05, 0) is 39.3 Å². The van der Waals surface area contributed by atoms with Gasteiger partial charge in [-0.15, -0.1) is 0 Å². The predicted molar refractivity (Wildman–Crippen MR) is 69.7 cm³/mol. The van der Waals surface area contributed by atoms with Gasteiger partial charge in [-0.2, -0.15) is 13.2 Å². The standard InChI is InChI=1S/C13H17BF3NO2/c1-11(2)12(3,4)20-14(19-11)10-9(6-5-7-18-10)8-13(15,16)17/h5-7H,8H2,1-4H3. The van der Waals surface area contributed by atoms with Gasteiger partial charge in [0.15, 0.2) is 0 Å². The summed E-state index contributed by atoms with van der Waals surface area (Å²) in [6, 6.07) is 2.89. The highest BCUT2D eigenvalue weighted by Gasteiger charge is 2.53. The monoisotopic (exact) mass is 287 g/mol. The van der Waals surface area contributed by atoms with Gasteiger partial charge in [0, 0.05) is 6.20 Å². The molecule has 1 aliphatic heterocycles. The molecule has 3 nitrogen and oxygen atoms in total. The summed E-state index contributed by atoms with van der Waals surface area (Å²) in [6.45, 7) is 7.39. The molecule has 0 bridgehead atoms. The van der Waals surface area contributed by atoms with E-state index < -0.39 is 30.9 Å². The lowest BCUT2D eigenvalue weighted by Crippen LogP contribution is -2.41. The molecule has 110 valence electrons. The van der Waals surface area contributed by atoms with E-state index in [1.165, 1.54) is 18.3 Å². The highest BCUT2D eigenvalue weighted by atomic mass is 19.4. The van der Waals surface area contributed by atoms with Crippen LogP contribution in [0, 0.1) is 0 Å². The molecule has 0 unspecified atom stereocenters. The summed E-state index contributed by atoms with van der Waals surface area (Å²) in [6.07, 6.45) is -3.89. The Morgan fingerprint density at radius 3 is 2.20 bits per heavy atom. The van der Waals surface area contributed by atoms with E-state index in [0.717, 1.165) is 0 Å². The second kappa shape index (κ2) is 4.74. The van der Waals surface area contributed by atoms with Gasteiger partial charge in [-0.3, -0.25) is 4.98 Å². The maximum absolute atomic E-state index is 12.6. The number of rotatable bonds is 2. The fourth-order valence-electron chi connectivity index (χ4n) is 1.98. The number of nitrogens with zero attached hydrogens (tertiary/aromatic N) is 1. The van der Waals surface area contributed by atoms with Gasteiger partial charge in [0.05, 0.1) is 23.2 Å². The minimum Gasteiger partial charge on any atom is -0.398 e. The molecule has 1 aromatic rings. The molecule has 0 radical (unpaired) electrons. The smallest absolute Gasteiger partial charge is 0.398 e. The maximum Gasteiger partial charge on any atom is 0.514 e. The Kier molecular flexibility index (Phi) is 3.63. The molecule has 20 heavy (non-hydrogen) atoms. The van der Waals surface area contributed by atoms with Crippen molar-refractivity contribution in [2.45, 2.75) is 51.5 Å². The number of aromatic nitrogens is 1. The zero-order valence-corrected chi connectivity index (χ0v) is 11.9. The van der Waals surface area contributed by atoms with E-state index in [9.17, 15) is 13.2 Å². The molecule has 1 aromatic heterocycles. The first-order valence-electron chi connectivity index (χ1n) is 6.38. The van der Waals surface area contributed by atoms with Crippen LogP contribution in [0.1, 0.15) is 33.3 Å². The van der Waals surface area contributed by atoms with Gasteiger partial charge >= 0.3 is 13.3 Å². The van der Waals surface area contributed by atoms with Gasteiger partial charge in [0.2, 0.25) is 0 Å². The minimum atomic E-state index is -4.29. The molecule has 0 N–H and O–H groups in total. The lowest BCUT2D eigenvalue weighted by molar-refractivity contribution is -0.127. The van der Waals surface area contributed by atoms with E-state index in [1.54, 1.807) is 0 Å². The number of hydrogen-bond donors (Lipinski definition) is 0. The quantitative estimate of drug-likeness (QED) is 0.783. The Hall–Kier alpha value is -1.08. The number of pyridine rings is 1. The van der Waals surface area contributed by atoms with Gasteiger partial charge < -0.3 is 9.31 Å². The highest BCUT2D eigenvalue weighted by molar-refractivity contribution is 6.61. The molecular formula is C13H17BF3NO2. The van der Waals surface area contributed by atoms with Crippen molar-refractivity contribution in [1.29, 1.82) is 0 Å². The number of halogens is 3. The van der Waals surface area contributed by atoms with Gasteiger partial charge in [-0.1, -0.05) is 6.07 Å². The molecule has 1 fully saturated rings. The fraction of sp³-hybridized carbons (Fsp3) is 0.615. The molecule has 0 atom stereocenters. The average molecular weight is 287 g/mol. The van der Waals surface area contributed by atoms with Crippen molar-refractivity contribution in [3.63, 3.8) is 0 Å². The molecule has 0 aliphatic carbocycles. The second-order valence-electron chi connectivity index (χ2n) is 5.93. The summed E-state index contributed by atoms with van der Waals surface area (Å²) < 4.78 is 49.3. The molecule has 0 spiro atoms. The first kappa shape index (κ1) is 15.3. The molecule has 0 saturated carbocycles. The topological polar surface area (TPSA) is 31.4 Å². The van der Waals surface area contributed by atoms with Crippen molar-refractivity contribution >= 4 is 12.7 Å². The van der Waals surface area contributed by atoms with Crippen molar-refractivity contribution in [1.82, 2.24) is 4.98 Å². The zero-order valence-electron chi connectivity index (χ0n) is 11.9. The van der Waals surface area contributed by atoms with Gasteiger partial charge in [0.1, 0.15) is 0 Å². The largest absolute Gasteiger partial charge is 0.514 e. The zero-order chi connectivity index (χ0) is 15.2. The molecule has 0 aromatic carbocycles. The average Bonchev–Trinajstić information content (AvgIpc) is 2.46. The molecular weight excluding hydrogens is 270 g/mol. The Bertz CT molecular complexity index is 487. The van der Waals surface area contributed by atoms with Crippen LogP contribution in [0.2, 0.25) is 0 Å². The van der Waals surface area contributed by atoms with E-state index >= 15 is 0 Å². The van der Waals surface area contributed by atoms with Gasteiger partial charge in [-0.25, -0.2) is 0 Å². The lowest BCUT2D eigenvalue weighted by Gasteiger charge is -2.32. The summed E-state index contributed by atoms with van der Waals surface area (Å²) in [4.78, 5) is 4.03. The number of alkyl halides is 3. The van der Waals surface area contributed by atoms with Crippen LogP contribution >= 0.6 is 0 Å². The van der Waals surface area contributed by atoms with E-state index in [-0.39, 0.29) is 11.2 Å². The Labute approximate surface area is 116 Å². The summed E-state index contributed by atoms with van der Waals surface area (Å²) in [5.74, 6) is 0. The summed E-state index contributed by atoms with van der Waals surface area (Å²) in [5.41, 5.74) is -0.933. The van der Waals surface area contributed by atoms with Crippen molar-refractivity contribution in [2.75, 3.05) is 0 Å². The van der Waals surface area contributed by atoms with Crippen LogP contribution in [0.5, 0.6) is 0 Å². The summed E-state index contributed by atoms with van der Waals surface area (Å²) in [5, 5.41) is 0. The highest BCUT2D eigenvalue weighted by Crippen LogP contribution is 2.36. The summed E-state index contributed by atoms with van der Waals surface area (Å²) >= 11 is 0. The van der Waals surface area contributed by atoms with E-state index in [1.807, 2.05) is 27.7 Å². The fourth-order valence-corrected chi connectivity index (χ4v) is 1.98. The maximum atomic E-state index is 12.6. The third kappa shape index (κ3) is 2.98. The van der Waals surface area contributed by atoms with Crippen LogP contribution in [0.15, 0.2) is 18.3 Å². The van der Waals surface area contributed by atoms with Gasteiger partial charge in [0.25, 0.3) is 0 Å². The third-order valence-electron chi connectivity index (χ3n) is 3.79. The van der Waals surface area contributed by atoms with E-state index in [0.29, 0.717) is 0 Å². The van der Waals surface area contributed by atoms with Crippen LogP contribution in [-0.4, -0.2) is 29.5 Å². The van der Waals surface area contributed by atoms with Crippen LogP contribution < -0.4 is 5.59 Å². The molecule has 2 heterocycles. The predicted octanol–water partition coefficient (Wildman–Crippen LogP) is 2.49.